The molecule has 0 bridgehead atoms. The Balaban J connectivity index is 1.50. The number of anilines is 1. The van der Waals surface area contributed by atoms with Crippen molar-refractivity contribution in [1.82, 2.24) is 4.90 Å². The normalized spacial score (nSPS) is 15.4. The summed E-state index contributed by atoms with van der Waals surface area (Å²) in [5, 5.41) is 0. The predicted molar refractivity (Wildman–Crippen MR) is 110 cm³/mol. The Labute approximate surface area is 175 Å². The Kier molecular flexibility index (Phi) is 6.82. The Morgan fingerprint density at radius 3 is 2.23 bits per heavy atom. The average molecular weight is 412 g/mol. The first-order valence-corrected chi connectivity index (χ1v) is 9.94. The molecule has 0 spiro atoms. The van der Waals surface area contributed by atoms with Crippen molar-refractivity contribution in [3.05, 3.63) is 66.0 Å². The van der Waals surface area contributed by atoms with Crippen LogP contribution in [0.1, 0.15) is 30.1 Å². The minimum Gasteiger partial charge on any atom is -0.452 e. The number of para-hydroxylation sites is 1. The van der Waals surface area contributed by atoms with E-state index in [1.165, 1.54) is 29.2 Å². The smallest absolute Gasteiger partial charge is 0.309 e. The largest absolute Gasteiger partial charge is 0.452 e. The van der Waals surface area contributed by atoms with Gasteiger partial charge >= 0.3 is 5.97 Å². The Hall–Kier alpha value is -3.22. The fraction of sp³-hybridized carbons (Fsp3) is 0.348. The molecule has 2 aromatic carbocycles. The maximum Gasteiger partial charge on any atom is 0.309 e. The molecular weight excluding hydrogens is 387 g/mol. The third kappa shape index (κ3) is 5.03. The number of ether oxygens (including phenoxy) is 1. The van der Waals surface area contributed by atoms with Crippen LogP contribution in [0.25, 0.3) is 0 Å². The van der Waals surface area contributed by atoms with E-state index in [0.29, 0.717) is 31.5 Å². The number of esters is 1. The average Bonchev–Trinajstić information content (AvgIpc) is 2.78. The molecule has 0 N–H and O–H groups in total. The summed E-state index contributed by atoms with van der Waals surface area (Å²) in [6.45, 7) is 2.37. The second-order valence-electron chi connectivity index (χ2n) is 7.39. The fourth-order valence-corrected chi connectivity index (χ4v) is 3.47. The van der Waals surface area contributed by atoms with Crippen LogP contribution in [0, 0.1) is 11.7 Å². The molecule has 1 saturated heterocycles. The van der Waals surface area contributed by atoms with E-state index in [9.17, 15) is 18.8 Å². The van der Waals surface area contributed by atoms with Crippen LogP contribution in [0.3, 0.4) is 0 Å². The highest BCUT2D eigenvalue weighted by molar-refractivity contribution is 5.97. The molecule has 0 radical (unpaired) electrons. The highest BCUT2D eigenvalue weighted by atomic mass is 19.1. The summed E-state index contributed by atoms with van der Waals surface area (Å²) in [5.41, 5.74) is 1.14. The third-order valence-corrected chi connectivity index (χ3v) is 5.32. The van der Waals surface area contributed by atoms with E-state index >= 15 is 0 Å². The number of benzene rings is 2. The molecule has 1 aliphatic heterocycles. The molecule has 0 aliphatic carbocycles. The molecule has 1 fully saturated rings. The summed E-state index contributed by atoms with van der Waals surface area (Å²) in [4.78, 5) is 40.7. The van der Waals surface area contributed by atoms with Crippen LogP contribution in [0.4, 0.5) is 10.1 Å². The molecule has 2 amide bonds. The van der Waals surface area contributed by atoms with E-state index in [2.05, 4.69) is 0 Å². The van der Waals surface area contributed by atoms with Gasteiger partial charge in [-0.3, -0.25) is 14.4 Å². The molecule has 7 heteroatoms. The first kappa shape index (κ1) is 21.5. The van der Waals surface area contributed by atoms with Crippen molar-refractivity contribution in [1.29, 1.82) is 0 Å². The van der Waals surface area contributed by atoms with Gasteiger partial charge in [0, 0.05) is 31.4 Å². The van der Waals surface area contributed by atoms with E-state index in [1.807, 2.05) is 18.2 Å². The van der Waals surface area contributed by atoms with Gasteiger partial charge in [-0.25, -0.2) is 4.39 Å². The molecule has 3 rings (SSSR count). The van der Waals surface area contributed by atoms with E-state index in [1.54, 1.807) is 31.0 Å². The van der Waals surface area contributed by atoms with Crippen molar-refractivity contribution in [2.45, 2.75) is 25.9 Å². The van der Waals surface area contributed by atoms with Crippen molar-refractivity contribution >= 4 is 23.5 Å². The van der Waals surface area contributed by atoms with Gasteiger partial charge in [0.05, 0.1) is 5.92 Å². The van der Waals surface area contributed by atoms with Crippen LogP contribution in [-0.2, 0) is 14.3 Å². The number of hydrogen-bond donors (Lipinski definition) is 0. The van der Waals surface area contributed by atoms with Crippen LogP contribution in [-0.4, -0.2) is 48.9 Å². The highest BCUT2D eigenvalue weighted by Crippen LogP contribution is 2.22. The predicted octanol–water partition coefficient (Wildman–Crippen LogP) is 3.27. The summed E-state index contributed by atoms with van der Waals surface area (Å²) < 4.78 is 18.4. The molecule has 30 heavy (non-hydrogen) atoms. The number of nitrogens with zero attached hydrogens (tertiary/aromatic N) is 2. The van der Waals surface area contributed by atoms with Crippen LogP contribution < -0.4 is 4.90 Å². The maximum absolute atomic E-state index is 13.0. The number of hydrogen-bond acceptors (Lipinski definition) is 4. The van der Waals surface area contributed by atoms with Gasteiger partial charge in [-0.05, 0) is 56.2 Å². The van der Waals surface area contributed by atoms with Gasteiger partial charge in [0.25, 0.3) is 11.8 Å². The Morgan fingerprint density at radius 2 is 1.63 bits per heavy atom. The summed E-state index contributed by atoms with van der Waals surface area (Å²) in [6, 6.07) is 14.5. The zero-order valence-corrected chi connectivity index (χ0v) is 17.1. The van der Waals surface area contributed by atoms with E-state index in [-0.39, 0.29) is 17.7 Å². The number of likely N-dealkylation sites (tertiary alicyclic amines) is 1. The van der Waals surface area contributed by atoms with Crippen molar-refractivity contribution in [2.75, 3.05) is 25.0 Å². The van der Waals surface area contributed by atoms with Crippen LogP contribution in [0.2, 0.25) is 0 Å². The quantitative estimate of drug-likeness (QED) is 0.707. The Morgan fingerprint density at radius 1 is 1.03 bits per heavy atom. The highest BCUT2D eigenvalue weighted by Gasteiger charge is 2.31. The second kappa shape index (κ2) is 9.52. The molecular formula is C23H25FN2O4. The molecule has 158 valence electrons. The van der Waals surface area contributed by atoms with Crippen molar-refractivity contribution in [2.24, 2.45) is 5.92 Å². The van der Waals surface area contributed by atoms with E-state index in [0.717, 1.165) is 5.69 Å². The van der Waals surface area contributed by atoms with E-state index < -0.39 is 17.9 Å². The SMILES string of the molecule is C[C@@H](OC(=O)C1CCN(C(=O)c2ccc(F)cc2)CC1)C(=O)N(C)c1ccccc1. The van der Waals surface area contributed by atoms with Crippen LogP contribution >= 0.6 is 0 Å². The molecule has 1 aliphatic rings. The number of carbonyl (C=O) groups is 3. The van der Waals surface area contributed by atoms with Crippen LogP contribution in [0.5, 0.6) is 0 Å². The van der Waals surface area contributed by atoms with Crippen molar-refractivity contribution in [3.63, 3.8) is 0 Å². The molecule has 1 atom stereocenters. The molecule has 0 saturated carbocycles. The number of carbonyl (C=O) groups excluding carboxylic acids is 3. The van der Waals surface area contributed by atoms with Crippen LogP contribution in [0.15, 0.2) is 54.6 Å². The topological polar surface area (TPSA) is 66.9 Å². The lowest BCUT2D eigenvalue weighted by Gasteiger charge is -2.31. The number of rotatable bonds is 5. The standard InChI is InChI=1S/C23H25FN2O4/c1-16(21(27)25(2)20-6-4-3-5-7-20)30-23(29)18-12-14-26(15-13-18)22(28)17-8-10-19(24)11-9-17/h3-11,16,18H,12-15H2,1-2H3/t16-/m1/s1. The summed E-state index contributed by atoms with van der Waals surface area (Å²) in [6.07, 6.45) is 0.0177. The lowest BCUT2D eigenvalue weighted by Crippen LogP contribution is -2.42. The van der Waals surface area contributed by atoms with Gasteiger partial charge < -0.3 is 14.5 Å². The van der Waals surface area contributed by atoms with Gasteiger partial charge in [-0.2, -0.15) is 0 Å². The summed E-state index contributed by atoms with van der Waals surface area (Å²) in [7, 11) is 1.64. The monoisotopic (exact) mass is 412 g/mol. The second-order valence-corrected chi connectivity index (χ2v) is 7.39. The molecule has 0 aromatic heterocycles. The third-order valence-electron chi connectivity index (χ3n) is 5.32. The van der Waals surface area contributed by atoms with Gasteiger partial charge in [-0.15, -0.1) is 0 Å². The zero-order chi connectivity index (χ0) is 21.7. The summed E-state index contributed by atoms with van der Waals surface area (Å²) in [5.74, 6) is -1.67. The number of likely N-dealkylation sites (N-methyl/N-ethyl adjacent to an activating group) is 1. The molecule has 2 aromatic rings. The molecule has 1 heterocycles. The number of amides is 2. The van der Waals surface area contributed by atoms with Gasteiger partial charge in [0.2, 0.25) is 0 Å². The van der Waals surface area contributed by atoms with Gasteiger partial charge in [0.1, 0.15) is 5.82 Å². The van der Waals surface area contributed by atoms with Gasteiger partial charge in [-0.1, -0.05) is 18.2 Å². The number of piperidine rings is 1. The van der Waals surface area contributed by atoms with Gasteiger partial charge in [0.15, 0.2) is 6.10 Å². The van der Waals surface area contributed by atoms with Crippen molar-refractivity contribution < 1.29 is 23.5 Å². The first-order chi connectivity index (χ1) is 14.4. The minimum atomic E-state index is -0.901. The van der Waals surface area contributed by atoms with E-state index in [4.69, 9.17) is 4.74 Å². The Bertz CT molecular complexity index is 893. The lowest BCUT2D eigenvalue weighted by molar-refractivity contribution is -0.159. The fourth-order valence-electron chi connectivity index (χ4n) is 3.47. The zero-order valence-electron chi connectivity index (χ0n) is 17.1. The number of halogens is 1. The lowest BCUT2D eigenvalue weighted by atomic mass is 9.96. The summed E-state index contributed by atoms with van der Waals surface area (Å²) >= 11 is 0. The van der Waals surface area contributed by atoms with Crippen molar-refractivity contribution in [3.8, 4) is 0 Å². The molecule has 0 unspecified atom stereocenters. The minimum absolute atomic E-state index is 0.185. The molecule has 6 nitrogen and oxygen atoms in total. The maximum atomic E-state index is 13.0. The first-order valence-electron chi connectivity index (χ1n) is 9.94.